The van der Waals surface area contributed by atoms with Crippen molar-refractivity contribution in [1.82, 2.24) is 4.90 Å². The van der Waals surface area contributed by atoms with Gasteiger partial charge >= 0.3 is 5.97 Å². The van der Waals surface area contributed by atoms with E-state index in [2.05, 4.69) is 13.8 Å². The molecule has 17 heavy (non-hydrogen) atoms. The lowest BCUT2D eigenvalue weighted by atomic mass is 9.93. The summed E-state index contributed by atoms with van der Waals surface area (Å²) in [6, 6.07) is 0. The molecule has 0 aromatic carbocycles. The Balaban J connectivity index is 1.92. The zero-order valence-corrected chi connectivity index (χ0v) is 10.6. The third-order valence-corrected chi connectivity index (χ3v) is 4.12. The summed E-state index contributed by atoms with van der Waals surface area (Å²) in [4.78, 5) is 25.0. The number of aliphatic carboxylic acids is 1. The van der Waals surface area contributed by atoms with Crippen molar-refractivity contribution in [2.75, 3.05) is 13.1 Å². The van der Waals surface area contributed by atoms with Gasteiger partial charge in [0.25, 0.3) is 0 Å². The molecular weight excluding hydrogens is 218 g/mol. The molecule has 1 saturated carbocycles. The lowest BCUT2D eigenvalue weighted by Gasteiger charge is -2.22. The SMILES string of the molecule is CC1(C)CCN(C(=O)C2CCC(C(=O)O)C2)C1. The molecule has 1 N–H and O–H groups in total. The molecule has 0 radical (unpaired) electrons. The fourth-order valence-electron chi connectivity index (χ4n) is 2.99. The molecule has 96 valence electrons. The maximum Gasteiger partial charge on any atom is 0.306 e. The topological polar surface area (TPSA) is 57.6 Å². The molecule has 2 atom stereocenters. The molecule has 1 saturated heterocycles. The van der Waals surface area contributed by atoms with Gasteiger partial charge in [-0.15, -0.1) is 0 Å². The van der Waals surface area contributed by atoms with Crippen LogP contribution in [0.4, 0.5) is 0 Å². The van der Waals surface area contributed by atoms with Gasteiger partial charge in [0.2, 0.25) is 5.91 Å². The van der Waals surface area contributed by atoms with Crippen LogP contribution in [0.3, 0.4) is 0 Å². The second-order valence-electron chi connectivity index (χ2n) is 6.22. The van der Waals surface area contributed by atoms with E-state index < -0.39 is 5.97 Å². The maximum atomic E-state index is 12.2. The standard InChI is InChI=1S/C13H21NO3/c1-13(2)5-6-14(8-13)11(15)9-3-4-10(7-9)12(16)17/h9-10H,3-8H2,1-2H3,(H,16,17). The predicted molar refractivity (Wildman–Crippen MR) is 63.4 cm³/mol. The van der Waals surface area contributed by atoms with Crippen LogP contribution in [-0.2, 0) is 9.59 Å². The summed E-state index contributed by atoms with van der Waals surface area (Å²) >= 11 is 0. The second kappa shape index (κ2) is 4.31. The van der Waals surface area contributed by atoms with Crippen LogP contribution in [0.5, 0.6) is 0 Å². The van der Waals surface area contributed by atoms with Crippen molar-refractivity contribution in [3.63, 3.8) is 0 Å². The molecule has 0 aromatic heterocycles. The van der Waals surface area contributed by atoms with Crippen LogP contribution in [-0.4, -0.2) is 35.0 Å². The van der Waals surface area contributed by atoms with Gasteiger partial charge in [0.1, 0.15) is 0 Å². The smallest absolute Gasteiger partial charge is 0.306 e. The van der Waals surface area contributed by atoms with E-state index in [4.69, 9.17) is 5.11 Å². The first-order chi connectivity index (χ1) is 7.89. The van der Waals surface area contributed by atoms with Crippen molar-refractivity contribution in [2.24, 2.45) is 17.3 Å². The summed E-state index contributed by atoms with van der Waals surface area (Å²) in [7, 11) is 0. The van der Waals surface area contributed by atoms with Gasteiger partial charge in [-0.25, -0.2) is 0 Å². The first-order valence-electron chi connectivity index (χ1n) is 6.41. The van der Waals surface area contributed by atoms with E-state index in [1.54, 1.807) is 0 Å². The Hall–Kier alpha value is -1.06. The molecule has 4 heteroatoms. The number of carboxylic acids is 1. The van der Waals surface area contributed by atoms with Gasteiger partial charge in [-0.1, -0.05) is 13.8 Å². The van der Waals surface area contributed by atoms with E-state index in [1.165, 1.54) is 0 Å². The molecule has 0 aromatic rings. The highest BCUT2D eigenvalue weighted by Crippen LogP contribution is 2.35. The third-order valence-electron chi connectivity index (χ3n) is 4.12. The van der Waals surface area contributed by atoms with Crippen LogP contribution in [0.25, 0.3) is 0 Å². The first kappa shape index (κ1) is 12.4. The Morgan fingerprint density at radius 1 is 1.24 bits per heavy atom. The highest BCUT2D eigenvalue weighted by atomic mass is 16.4. The minimum Gasteiger partial charge on any atom is -0.481 e. The van der Waals surface area contributed by atoms with Gasteiger partial charge in [0, 0.05) is 19.0 Å². The number of carbonyl (C=O) groups is 2. The Morgan fingerprint density at radius 3 is 2.35 bits per heavy atom. The zero-order valence-electron chi connectivity index (χ0n) is 10.6. The van der Waals surface area contributed by atoms with Crippen LogP contribution in [0.2, 0.25) is 0 Å². The average Bonchev–Trinajstić information content (AvgIpc) is 2.83. The summed E-state index contributed by atoms with van der Waals surface area (Å²) < 4.78 is 0. The molecule has 2 unspecified atom stereocenters. The Kier molecular flexibility index (Phi) is 3.15. The fraction of sp³-hybridized carbons (Fsp3) is 0.846. The molecule has 1 amide bonds. The van der Waals surface area contributed by atoms with E-state index in [0.717, 1.165) is 25.9 Å². The number of likely N-dealkylation sites (tertiary alicyclic amines) is 1. The van der Waals surface area contributed by atoms with Gasteiger partial charge in [0.05, 0.1) is 5.92 Å². The number of amides is 1. The third kappa shape index (κ3) is 2.61. The molecule has 2 aliphatic rings. The molecule has 4 nitrogen and oxygen atoms in total. The minimum atomic E-state index is -0.748. The number of hydrogen-bond acceptors (Lipinski definition) is 2. The Labute approximate surface area is 102 Å². The van der Waals surface area contributed by atoms with Crippen molar-refractivity contribution in [3.05, 3.63) is 0 Å². The Bertz CT molecular complexity index is 338. The van der Waals surface area contributed by atoms with Crippen molar-refractivity contribution >= 4 is 11.9 Å². The quantitative estimate of drug-likeness (QED) is 0.798. The van der Waals surface area contributed by atoms with Gasteiger partial charge in [-0.3, -0.25) is 9.59 Å². The predicted octanol–water partition coefficient (Wildman–Crippen LogP) is 1.75. The van der Waals surface area contributed by atoms with Crippen LogP contribution in [0.15, 0.2) is 0 Å². The Morgan fingerprint density at radius 2 is 1.88 bits per heavy atom. The molecule has 0 spiro atoms. The highest BCUT2D eigenvalue weighted by molar-refractivity contribution is 5.81. The van der Waals surface area contributed by atoms with Crippen molar-refractivity contribution in [2.45, 2.75) is 39.5 Å². The summed E-state index contributed by atoms with van der Waals surface area (Å²) in [6.45, 7) is 6.00. The summed E-state index contributed by atoms with van der Waals surface area (Å²) in [5.41, 5.74) is 0.223. The van der Waals surface area contributed by atoms with Crippen molar-refractivity contribution < 1.29 is 14.7 Å². The van der Waals surface area contributed by atoms with E-state index in [0.29, 0.717) is 12.8 Å². The van der Waals surface area contributed by atoms with E-state index >= 15 is 0 Å². The number of carboxylic acid groups (broad SMARTS) is 1. The van der Waals surface area contributed by atoms with E-state index in [-0.39, 0.29) is 23.2 Å². The van der Waals surface area contributed by atoms with Crippen LogP contribution >= 0.6 is 0 Å². The van der Waals surface area contributed by atoms with Gasteiger partial charge in [-0.05, 0) is 31.1 Å². The molecule has 2 rings (SSSR count). The number of nitrogens with zero attached hydrogens (tertiary/aromatic N) is 1. The molecular formula is C13H21NO3. The number of hydrogen-bond donors (Lipinski definition) is 1. The second-order valence-corrected chi connectivity index (χ2v) is 6.22. The molecule has 2 fully saturated rings. The maximum absolute atomic E-state index is 12.2. The van der Waals surface area contributed by atoms with Gasteiger partial charge in [0.15, 0.2) is 0 Å². The number of rotatable bonds is 2. The molecule has 0 bridgehead atoms. The monoisotopic (exact) mass is 239 g/mol. The average molecular weight is 239 g/mol. The summed E-state index contributed by atoms with van der Waals surface area (Å²) in [6.07, 6.45) is 2.98. The lowest BCUT2D eigenvalue weighted by molar-refractivity contribution is -0.141. The van der Waals surface area contributed by atoms with Crippen LogP contribution in [0.1, 0.15) is 39.5 Å². The van der Waals surface area contributed by atoms with Crippen molar-refractivity contribution in [1.29, 1.82) is 0 Å². The molecule has 1 aliphatic carbocycles. The first-order valence-corrected chi connectivity index (χ1v) is 6.41. The fourth-order valence-corrected chi connectivity index (χ4v) is 2.99. The molecule has 1 heterocycles. The highest BCUT2D eigenvalue weighted by Gasteiger charge is 2.39. The van der Waals surface area contributed by atoms with E-state index in [1.807, 2.05) is 4.90 Å². The minimum absolute atomic E-state index is 0.0509. The summed E-state index contributed by atoms with van der Waals surface area (Å²) in [5, 5.41) is 8.94. The largest absolute Gasteiger partial charge is 0.481 e. The number of carbonyl (C=O) groups excluding carboxylic acids is 1. The van der Waals surface area contributed by atoms with Crippen molar-refractivity contribution in [3.8, 4) is 0 Å². The van der Waals surface area contributed by atoms with Gasteiger partial charge in [-0.2, -0.15) is 0 Å². The van der Waals surface area contributed by atoms with Gasteiger partial charge < -0.3 is 10.0 Å². The summed E-state index contributed by atoms with van der Waals surface area (Å²) in [5.74, 6) is -0.925. The lowest BCUT2D eigenvalue weighted by Crippen LogP contribution is -2.34. The normalized spacial score (nSPS) is 31.8. The van der Waals surface area contributed by atoms with Crippen LogP contribution in [0, 0.1) is 17.3 Å². The zero-order chi connectivity index (χ0) is 12.6. The van der Waals surface area contributed by atoms with Crippen LogP contribution < -0.4 is 0 Å². The molecule has 1 aliphatic heterocycles. The van der Waals surface area contributed by atoms with E-state index in [9.17, 15) is 9.59 Å².